The van der Waals surface area contributed by atoms with Gasteiger partial charge < -0.3 is 14.6 Å². The van der Waals surface area contributed by atoms with E-state index in [1.807, 2.05) is 38.2 Å². The van der Waals surface area contributed by atoms with Crippen molar-refractivity contribution in [1.82, 2.24) is 20.1 Å². The highest BCUT2D eigenvalue weighted by Gasteiger charge is 2.14. The standard InChI is InChI=1S/C14H18N4O2S/c1-9(13-16-17-14(21)18(13)2)15-12(19)8-10-4-6-11(20-3)7-5-10/h4-7,9H,8H2,1-3H3,(H,15,19)(H,17,21)/t9-/m0/s1. The molecule has 2 aromatic rings. The number of hydrogen-bond acceptors (Lipinski definition) is 4. The predicted molar refractivity (Wildman–Crippen MR) is 81.6 cm³/mol. The van der Waals surface area contributed by atoms with Crippen molar-refractivity contribution >= 4 is 18.1 Å². The van der Waals surface area contributed by atoms with Gasteiger partial charge >= 0.3 is 0 Å². The summed E-state index contributed by atoms with van der Waals surface area (Å²) in [6, 6.07) is 7.21. The molecule has 0 aliphatic heterocycles. The number of hydrogen-bond donors (Lipinski definition) is 2. The minimum absolute atomic E-state index is 0.0680. The first-order valence-electron chi connectivity index (χ1n) is 6.55. The zero-order valence-corrected chi connectivity index (χ0v) is 13.0. The van der Waals surface area contributed by atoms with Crippen LogP contribution >= 0.6 is 12.2 Å². The Kier molecular flexibility index (Phi) is 4.74. The van der Waals surface area contributed by atoms with Crippen molar-refractivity contribution in [2.24, 2.45) is 7.05 Å². The highest BCUT2D eigenvalue weighted by atomic mass is 32.1. The molecule has 7 heteroatoms. The largest absolute Gasteiger partial charge is 0.497 e. The first-order valence-corrected chi connectivity index (χ1v) is 6.95. The number of benzene rings is 1. The smallest absolute Gasteiger partial charge is 0.224 e. The number of amides is 1. The number of nitrogens with one attached hydrogen (secondary N) is 2. The van der Waals surface area contributed by atoms with Gasteiger partial charge in [0, 0.05) is 7.05 Å². The van der Waals surface area contributed by atoms with Gasteiger partial charge in [-0.2, -0.15) is 5.10 Å². The van der Waals surface area contributed by atoms with E-state index in [1.165, 1.54) is 0 Å². The summed E-state index contributed by atoms with van der Waals surface area (Å²) in [5.41, 5.74) is 0.927. The molecule has 0 fully saturated rings. The maximum Gasteiger partial charge on any atom is 0.224 e. The van der Waals surface area contributed by atoms with Gasteiger partial charge in [0.1, 0.15) is 5.75 Å². The maximum absolute atomic E-state index is 12.1. The van der Waals surface area contributed by atoms with E-state index >= 15 is 0 Å². The lowest BCUT2D eigenvalue weighted by Gasteiger charge is -2.13. The Hall–Kier alpha value is -2.15. The van der Waals surface area contributed by atoms with Gasteiger partial charge in [0.15, 0.2) is 10.6 Å². The molecule has 0 radical (unpaired) electrons. The van der Waals surface area contributed by atoms with E-state index in [0.29, 0.717) is 17.0 Å². The second-order valence-electron chi connectivity index (χ2n) is 4.76. The lowest BCUT2D eigenvalue weighted by molar-refractivity contribution is -0.121. The van der Waals surface area contributed by atoms with Crippen molar-refractivity contribution < 1.29 is 9.53 Å². The van der Waals surface area contributed by atoms with Gasteiger partial charge in [-0.05, 0) is 36.8 Å². The number of aromatic amines is 1. The number of methoxy groups -OCH3 is 1. The van der Waals surface area contributed by atoms with Gasteiger partial charge in [-0.1, -0.05) is 12.1 Å². The third kappa shape index (κ3) is 3.69. The molecule has 1 atom stereocenters. The molecule has 2 N–H and O–H groups in total. The predicted octanol–water partition coefficient (Wildman–Crippen LogP) is 1.91. The average molecular weight is 306 g/mol. The van der Waals surface area contributed by atoms with Crippen molar-refractivity contribution in [3.05, 3.63) is 40.4 Å². The summed E-state index contributed by atoms with van der Waals surface area (Å²) in [6.07, 6.45) is 0.309. The molecule has 6 nitrogen and oxygen atoms in total. The average Bonchev–Trinajstić information content (AvgIpc) is 2.79. The molecule has 1 aromatic carbocycles. The van der Waals surface area contributed by atoms with Gasteiger partial charge in [-0.25, -0.2) is 0 Å². The summed E-state index contributed by atoms with van der Waals surface area (Å²) in [7, 11) is 3.42. The van der Waals surface area contributed by atoms with Crippen LogP contribution in [0.3, 0.4) is 0 Å². The van der Waals surface area contributed by atoms with E-state index in [9.17, 15) is 4.79 Å². The summed E-state index contributed by atoms with van der Waals surface area (Å²) < 4.78 is 7.36. The number of carbonyl (C=O) groups excluding carboxylic acids is 1. The van der Waals surface area contributed by atoms with Crippen molar-refractivity contribution in [2.75, 3.05) is 7.11 Å². The summed E-state index contributed by atoms with van der Waals surface area (Å²) in [5.74, 6) is 1.40. The molecular weight excluding hydrogens is 288 g/mol. The normalized spacial score (nSPS) is 12.0. The van der Waals surface area contributed by atoms with Crippen LogP contribution in [0.4, 0.5) is 0 Å². The summed E-state index contributed by atoms with van der Waals surface area (Å²) in [5, 5.41) is 9.72. The summed E-state index contributed by atoms with van der Waals surface area (Å²) >= 11 is 5.06. The van der Waals surface area contributed by atoms with Gasteiger partial charge in [0.05, 0.1) is 19.6 Å². The number of H-pyrrole nitrogens is 1. The molecule has 0 saturated heterocycles. The zero-order chi connectivity index (χ0) is 15.4. The van der Waals surface area contributed by atoms with Crippen molar-refractivity contribution in [3.8, 4) is 5.75 Å². The van der Waals surface area contributed by atoms with E-state index in [4.69, 9.17) is 17.0 Å². The molecular formula is C14H18N4O2S. The zero-order valence-electron chi connectivity index (χ0n) is 12.2. The number of rotatable bonds is 5. The molecule has 1 heterocycles. The third-order valence-electron chi connectivity index (χ3n) is 3.20. The van der Waals surface area contributed by atoms with E-state index < -0.39 is 0 Å². The molecule has 0 aliphatic carbocycles. The van der Waals surface area contributed by atoms with Crippen molar-refractivity contribution in [2.45, 2.75) is 19.4 Å². The Balaban J connectivity index is 1.97. The quantitative estimate of drug-likeness (QED) is 0.828. The highest BCUT2D eigenvalue weighted by Crippen LogP contribution is 2.13. The van der Waals surface area contributed by atoms with Crippen LogP contribution < -0.4 is 10.1 Å². The van der Waals surface area contributed by atoms with E-state index in [1.54, 1.807) is 11.7 Å². The second kappa shape index (κ2) is 6.53. The van der Waals surface area contributed by atoms with Crippen LogP contribution in [0.15, 0.2) is 24.3 Å². The Bertz CT molecular complexity index is 675. The van der Waals surface area contributed by atoms with Crippen molar-refractivity contribution in [1.29, 1.82) is 0 Å². The van der Waals surface area contributed by atoms with E-state index in [2.05, 4.69) is 15.5 Å². The van der Waals surface area contributed by atoms with Gasteiger partial charge in [-0.15, -0.1) is 0 Å². The third-order valence-corrected chi connectivity index (χ3v) is 3.57. The highest BCUT2D eigenvalue weighted by molar-refractivity contribution is 7.71. The molecule has 0 unspecified atom stereocenters. The van der Waals surface area contributed by atoms with Crippen LogP contribution in [-0.2, 0) is 18.3 Å². The fraction of sp³-hybridized carbons (Fsp3) is 0.357. The monoisotopic (exact) mass is 306 g/mol. The lowest BCUT2D eigenvalue weighted by atomic mass is 10.1. The molecule has 1 amide bonds. The number of carbonyl (C=O) groups is 1. The molecule has 0 aliphatic rings. The summed E-state index contributed by atoms with van der Waals surface area (Å²) in [4.78, 5) is 12.1. The van der Waals surface area contributed by atoms with Crippen LogP contribution in [0.25, 0.3) is 0 Å². The van der Waals surface area contributed by atoms with Crippen LogP contribution in [0.5, 0.6) is 5.75 Å². The second-order valence-corrected chi connectivity index (χ2v) is 5.15. The minimum Gasteiger partial charge on any atom is -0.497 e. The Morgan fingerprint density at radius 3 is 2.67 bits per heavy atom. The Labute approximate surface area is 128 Å². The minimum atomic E-state index is -0.214. The topological polar surface area (TPSA) is 71.9 Å². The number of ether oxygens (including phenoxy) is 1. The van der Waals surface area contributed by atoms with Crippen LogP contribution in [0.2, 0.25) is 0 Å². The molecule has 21 heavy (non-hydrogen) atoms. The SMILES string of the molecule is COc1ccc(CC(=O)N[C@@H](C)c2n[nH]c(=S)n2C)cc1. The lowest BCUT2D eigenvalue weighted by Crippen LogP contribution is -2.29. The molecule has 1 aromatic heterocycles. The molecule has 0 bridgehead atoms. The van der Waals surface area contributed by atoms with Gasteiger partial charge in [0.2, 0.25) is 5.91 Å². The summed E-state index contributed by atoms with van der Waals surface area (Å²) in [6.45, 7) is 1.87. The van der Waals surface area contributed by atoms with E-state index in [0.717, 1.165) is 11.3 Å². The van der Waals surface area contributed by atoms with Crippen LogP contribution in [-0.4, -0.2) is 27.8 Å². The molecule has 112 valence electrons. The van der Waals surface area contributed by atoms with Gasteiger partial charge in [0.25, 0.3) is 0 Å². The van der Waals surface area contributed by atoms with Crippen molar-refractivity contribution in [3.63, 3.8) is 0 Å². The Morgan fingerprint density at radius 2 is 2.14 bits per heavy atom. The first kappa shape index (κ1) is 15.2. The fourth-order valence-electron chi connectivity index (χ4n) is 2.03. The first-order chi connectivity index (χ1) is 10.0. The Morgan fingerprint density at radius 1 is 1.48 bits per heavy atom. The number of aromatic nitrogens is 3. The number of nitrogens with zero attached hydrogens (tertiary/aromatic N) is 2. The van der Waals surface area contributed by atoms with Gasteiger partial charge in [-0.3, -0.25) is 9.89 Å². The van der Waals surface area contributed by atoms with Crippen LogP contribution in [0.1, 0.15) is 24.4 Å². The van der Waals surface area contributed by atoms with E-state index in [-0.39, 0.29) is 11.9 Å². The molecule has 2 rings (SSSR count). The fourth-order valence-corrected chi connectivity index (χ4v) is 2.17. The maximum atomic E-state index is 12.1. The van der Waals surface area contributed by atoms with Crippen LogP contribution in [0, 0.1) is 4.77 Å². The molecule has 0 spiro atoms. The molecule has 0 saturated carbocycles.